The molecule has 1 saturated carbocycles. The van der Waals surface area contributed by atoms with E-state index in [0.29, 0.717) is 12.1 Å². The van der Waals surface area contributed by atoms with Gasteiger partial charge in [-0.1, -0.05) is 44.4 Å². The Bertz CT molecular complexity index is 465. The lowest BCUT2D eigenvalue weighted by Gasteiger charge is -2.28. The molecule has 116 valence electrons. The van der Waals surface area contributed by atoms with Gasteiger partial charge in [0, 0.05) is 12.1 Å². The van der Waals surface area contributed by atoms with Gasteiger partial charge in [-0.3, -0.25) is 0 Å². The van der Waals surface area contributed by atoms with Crippen LogP contribution in [0.4, 0.5) is 0 Å². The van der Waals surface area contributed by atoms with Crippen molar-refractivity contribution in [3.8, 4) is 0 Å². The Balaban J connectivity index is 1.68. The molecule has 3 rings (SSSR count). The molecule has 1 nitrogen and oxygen atoms in total. The van der Waals surface area contributed by atoms with Gasteiger partial charge < -0.3 is 5.32 Å². The molecule has 3 unspecified atom stereocenters. The van der Waals surface area contributed by atoms with E-state index >= 15 is 0 Å². The summed E-state index contributed by atoms with van der Waals surface area (Å²) in [6, 6.07) is 8.43. The van der Waals surface area contributed by atoms with Crippen LogP contribution < -0.4 is 5.32 Å². The Morgan fingerprint density at radius 2 is 1.71 bits per heavy atom. The first-order valence-corrected chi connectivity index (χ1v) is 9.12. The number of aryl methyl sites for hydroxylation is 2. The second-order valence-corrected chi connectivity index (χ2v) is 7.35. The highest BCUT2D eigenvalue weighted by atomic mass is 14.9. The molecule has 0 amide bonds. The highest BCUT2D eigenvalue weighted by Crippen LogP contribution is 2.28. The summed E-state index contributed by atoms with van der Waals surface area (Å²) in [7, 11) is 0. The first kappa shape index (κ1) is 15.1. The molecule has 1 aromatic carbocycles. The number of benzene rings is 1. The number of hydrogen-bond donors (Lipinski definition) is 1. The highest BCUT2D eigenvalue weighted by Gasteiger charge is 2.22. The fourth-order valence-electron chi connectivity index (χ4n) is 4.18. The third-order valence-corrected chi connectivity index (χ3v) is 5.70. The zero-order valence-electron chi connectivity index (χ0n) is 13.8. The first-order valence-electron chi connectivity index (χ1n) is 9.12. The molecule has 2 aliphatic rings. The molecule has 2 aliphatic carbocycles. The van der Waals surface area contributed by atoms with Crippen LogP contribution in [-0.4, -0.2) is 6.04 Å². The minimum absolute atomic E-state index is 0.489. The lowest BCUT2D eigenvalue weighted by atomic mass is 9.89. The summed E-state index contributed by atoms with van der Waals surface area (Å²) in [5, 5.41) is 3.93. The fourth-order valence-corrected chi connectivity index (χ4v) is 4.18. The Labute approximate surface area is 130 Å². The monoisotopic (exact) mass is 285 g/mol. The van der Waals surface area contributed by atoms with E-state index in [2.05, 4.69) is 37.4 Å². The maximum Gasteiger partial charge on any atom is 0.0294 e. The summed E-state index contributed by atoms with van der Waals surface area (Å²) in [6.07, 6.45) is 12.3. The molecule has 0 saturated heterocycles. The lowest BCUT2D eigenvalue weighted by Crippen LogP contribution is -2.36. The van der Waals surface area contributed by atoms with E-state index in [9.17, 15) is 0 Å². The fraction of sp³-hybridized carbons (Fsp3) is 0.700. The predicted molar refractivity (Wildman–Crippen MR) is 90.7 cm³/mol. The second kappa shape index (κ2) is 6.96. The van der Waals surface area contributed by atoms with Crippen molar-refractivity contribution in [1.29, 1.82) is 0 Å². The summed E-state index contributed by atoms with van der Waals surface area (Å²) in [5.41, 5.74) is 4.70. The molecule has 0 heterocycles. The van der Waals surface area contributed by atoms with E-state index in [-0.39, 0.29) is 0 Å². The van der Waals surface area contributed by atoms with Gasteiger partial charge in [0.25, 0.3) is 0 Å². The largest absolute Gasteiger partial charge is 0.307 e. The van der Waals surface area contributed by atoms with Crippen LogP contribution in [0, 0.1) is 5.92 Å². The average molecular weight is 285 g/mol. The quantitative estimate of drug-likeness (QED) is 0.754. The van der Waals surface area contributed by atoms with Crippen molar-refractivity contribution in [2.75, 3.05) is 0 Å². The van der Waals surface area contributed by atoms with E-state index in [1.165, 1.54) is 63.4 Å². The molecule has 0 aromatic heterocycles. The molecule has 1 N–H and O–H groups in total. The molecule has 0 radical (unpaired) electrons. The van der Waals surface area contributed by atoms with Gasteiger partial charge in [0.05, 0.1) is 0 Å². The summed E-state index contributed by atoms with van der Waals surface area (Å²) < 4.78 is 0. The molecular formula is C20H31N. The molecule has 1 aromatic rings. The summed E-state index contributed by atoms with van der Waals surface area (Å²) in [6.45, 7) is 4.78. The van der Waals surface area contributed by atoms with Gasteiger partial charge in [-0.15, -0.1) is 0 Å². The van der Waals surface area contributed by atoms with Crippen LogP contribution >= 0.6 is 0 Å². The smallest absolute Gasteiger partial charge is 0.0294 e. The van der Waals surface area contributed by atoms with Gasteiger partial charge >= 0.3 is 0 Å². The van der Waals surface area contributed by atoms with E-state index in [4.69, 9.17) is 0 Å². The van der Waals surface area contributed by atoms with Crippen LogP contribution in [0.15, 0.2) is 18.2 Å². The number of nitrogens with one attached hydrogen (secondary N) is 1. The van der Waals surface area contributed by atoms with E-state index in [1.807, 2.05) is 0 Å². The summed E-state index contributed by atoms with van der Waals surface area (Å²) >= 11 is 0. The Hall–Kier alpha value is -0.820. The molecule has 1 fully saturated rings. The SMILES string of the molecule is CC(NC1CCCCCC1C)c1ccc2c(c1)CCCC2. The molecule has 0 bridgehead atoms. The topological polar surface area (TPSA) is 12.0 Å². The maximum absolute atomic E-state index is 3.93. The third-order valence-electron chi connectivity index (χ3n) is 5.70. The van der Waals surface area contributed by atoms with Crippen molar-refractivity contribution in [3.63, 3.8) is 0 Å². The van der Waals surface area contributed by atoms with Gasteiger partial charge in [0.1, 0.15) is 0 Å². The maximum atomic E-state index is 3.93. The zero-order chi connectivity index (χ0) is 14.7. The molecule has 0 spiro atoms. The van der Waals surface area contributed by atoms with Crippen LogP contribution in [-0.2, 0) is 12.8 Å². The number of rotatable bonds is 3. The summed E-state index contributed by atoms with van der Waals surface area (Å²) in [4.78, 5) is 0. The van der Waals surface area contributed by atoms with Gasteiger partial charge in [-0.05, 0) is 68.1 Å². The van der Waals surface area contributed by atoms with Crippen molar-refractivity contribution >= 4 is 0 Å². The zero-order valence-corrected chi connectivity index (χ0v) is 13.8. The molecule has 1 heteroatoms. The van der Waals surface area contributed by atoms with E-state index in [1.54, 1.807) is 11.1 Å². The van der Waals surface area contributed by atoms with Crippen LogP contribution in [0.25, 0.3) is 0 Å². The summed E-state index contributed by atoms with van der Waals surface area (Å²) in [5.74, 6) is 0.826. The van der Waals surface area contributed by atoms with Crippen LogP contribution in [0.5, 0.6) is 0 Å². The minimum atomic E-state index is 0.489. The number of hydrogen-bond acceptors (Lipinski definition) is 1. The van der Waals surface area contributed by atoms with Crippen molar-refractivity contribution in [2.24, 2.45) is 5.92 Å². The lowest BCUT2D eigenvalue weighted by molar-refractivity contribution is 0.330. The van der Waals surface area contributed by atoms with Crippen LogP contribution in [0.3, 0.4) is 0 Å². The van der Waals surface area contributed by atoms with Crippen molar-refractivity contribution in [3.05, 3.63) is 34.9 Å². The van der Waals surface area contributed by atoms with Gasteiger partial charge in [-0.2, -0.15) is 0 Å². The normalized spacial score (nSPS) is 27.7. The minimum Gasteiger partial charge on any atom is -0.307 e. The number of fused-ring (bicyclic) bond motifs is 1. The molecule has 21 heavy (non-hydrogen) atoms. The Morgan fingerprint density at radius 1 is 0.952 bits per heavy atom. The van der Waals surface area contributed by atoms with Crippen molar-refractivity contribution < 1.29 is 0 Å². The van der Waals surface area contributed by atoms with E-state index < -0.39 is 0 Å². The molecular weight excluding hydrogens is 254 g/mol. The van der Waals surface area contributed by atoms with Crippen molar-refractivity contribution in [2.45, 2.75) is 83.7 Å². The average Bonchev–Trinajstić information content (AvgIpc) is 2.72. The van der Waals surface area contributed by atoms with E-state index in [0.717, 1.165) is 5.92 Å². The molecule has 3 atom stereocenters. The van der Waals surface area contributed by atoms with Gasteiger partial charge in [0.15, 0.2) is 0 Å². The van der Waals surface area contributed by atoms with Gasteiger partial charge in [0.2, 0.25) is 0 Å². The Morgan fingerprint density at radius 3 is 2.57 bits per heavy atom. The second-order valence-electron chi connectivity index (χ2n) is 7.35. The van der Waals surface area contributed by atoms with Crippen LogP contribution in [0.1, 0.15) is 81.5 Å². The van der Waals surface area contributed by atoms with Crippen molar-refractivity contribution in [1.82, 2.24) is 5.32 Å². The predicted octanol–water partition coefficient (Wildman–Crippen LogP) is 5.18. The first-order chi connectivity index (χ1) is 10.2. The van der Waals surface area contributed by atoms with Gasteiger partial charge in [-0.25, -0.2) is 0 Å². The third kappa shape index (κ3) is 3.69. The standard InChI is InChI=1S/C20H31N/c1-15-8-4-3-5-11-20(15)21-16(2)18-13-12-17-9-6-7-10-19(17)14-18/h12-16,20-21H,3-11H2,1-2H3. The van der Waals surface area contributed by atoms with Crippen LogP contribution in [0.2, 0.25) is 0 Å². The molecule has 0 aliphatic heterocycles. The Kier molecular flexibility index (Phi) is 5.00. The highest BCUT2D eigenvalue weighted by molar-refractivity contribution is 5.35.